The van der Waals surface area contributed by atoms with Crippen molar-refractivity contribution >= 4 is 17.7 Å². The largest absolute Gasteiger partial charge is 0.370 e. The third-order valence-electron chi connectivity index (χ3n) is 6.01. The molecule has 3 heteroatoms. The Labute approximate surface area is 121 Å². The summed E-state index contributed by atoms with van der Waals surface area (Å²) >= 11 is 2.24. The summed E-state index contributed by atoms with van der Waals surface area (Å²) < 4.78 is 0.501. The highest BCUT2D eigenvalue weighted by molar-refractivity contribution is 8.00. The molecule has 0 aromatic carbocycles. The van der Waals surface area contributed by atoms with Crippen LogP contribution in [0.4, 0.5) is 0 Å². The lowest BCUT2D eigenvalue weighted by Gasteiger charge is -2.31. The Kier molecular flexibility index (Phi) is 3.40. The van der Waals surface area contributed by atoms with Crippen LogP contribution in [0.25, 0.3) is 0 Å². The zero-order chi connectivity index (χ0) is 13.6. The lowest BCUT2D eigenvalue weighted by Crippen LogP contribution is -2.23. The van der Waals surface area contributed by atoms with Crippen molar-refractivity contribution in [1.82, 2.24) is 0 Å². The van der Waals surface area contributed by atoms with E-state index in [-0.39, 0.29) is 11.3 Å². The molecule has 3 saturated carbocycles. The van der Waals surface area contributed by atoms with Gasteiger partial charge in [-0.15, -0.1) is 0 Å². The Hall–Kier alpha value is -0.180. The van der Waals surface area contributed by atoms with Crippen LogP contribution in [0.5, 0.6) is 0 Å². The molecule has 2 nitrogen and oxygen atoms in total. The number of fused-ring (bicyclic) bond motifs is 2. The van der Waals surface area contributed by atoms with Gasteiger partial charge in [-0.3, -0.25) is 4.79 Å². The first-order valence-electron chi connectivity index (χ1n) is 7.87. The zero-order valence-electron chi connectivity index (χ0n) is 12.2. The van der Waals surface area contributed by atoms with E-state index in [4.69, 9.17) is 5.73 Å². The summed E-state index contributed by atoms with van der Waals surface area (Å²) in [5.74, 6) is 1.24. The lowest BCUT2D eigenvalue weighted by atomic mass is 9.81. The molecule has 2 bridgehead atoms. The van der Waals surface area contributed by atoms with E-state index in [1.807, 2.05) is 0 Å². The molecule has 0 heterocycles. The molecule has 0 radical (unpaired) electrons. The number of carbonyl (C=O) groups excluding carboxylic acids is 1. The molecule has 3 fully saturated rings. The average Bonchev–Trinajstić information content (AvgIpc) is 3.00. The molecule has 0 saturated heterocycles. The van der Waals surface area contributed by atoms with Crippen molar-refractivity contribution in [2.75, 3.05) is 5.75 Å². The van der Waals surface area contributed by atoms with Gasteiger partial charge in [0.2, 0.25) is 5.91 Å². The van der Waals surface area contributed by atoms with Crippen LogP contribution in [0.15, 0.2) is 0 Å². The van der Waals surface area contributed by atoms with Gasteiger partial charge in [0, 0.05) is 11.2 Å². The van der Waals surface area contributed by atoms with Crippen LogP contribution in [-0.4, -0.2) is 16.4 Å². The van der Waals surface area contributed by atoms with Gasteiger partial charge in [-0.2, -0.15) is 11.8 Å². The zero-order valence-corrected chi connectivity index (χ0v) is 13.0. The number of primary amides is 1. The van der Waals surface area contributed by atoms with Gasteiger partial charge in [0.05, 0.1) is 0 Å². The Morgan fingerprint density at radius 2 is 1.74 bits per heavy atom. The maximum Gasteiger partial charge on any atom is 0.217 e. The van der Waals surface area contributed by atoms with Crippen molar-refractivity contribution in [3.8, 4) is 0 Å². The number of amides is 1. The van der Waals surface area contributed by atoms with Crippen LogP contribution in [-0.2, 0) is 4.79 Å². The molecule has 3 rings (SSSR count). The molecular formula is C16H27NOS. The minimum Gasteiger partial charge on any atom is -0.370 e. The van der Waals surface area contributed by atoms with Gasteiger partial charge in [-0.1, -0.05) is 19.8 Å². The van der Waals surface area contributed by atoms with E-state index < -0.39 is 0 Å². The first-order valence-corrected chi connectivity index (χ1v) is 8.86. The first-order chi connectivity index (χ1) is 8.95. The number of hydrogen-bond acceptors (Lipinski definition) is 2. The highest BCUT2D eigenvalue weighted by atomic mass is 32.2. The van der Waals surface area contributed by atoms with Gasteiger partial charge in [0.25, 0.3) is 0 Å². The summed E-state index contributed by atoms with van der Waals surface area (Å²) in [5, 5.41) is 0. The molecule has 0 aromatic rings. The second-order valence-electron chi connectivity index (χ2n) is 7.81. The summed E-state index contributed by atoms with van der Waals surface area (Å²) in [6, 6.07) is 0. The third-order valence-corrected chi connectivity index (χ3v) is 8.01. The molecule has 3 aliphatic carbocycles. The van der Waals surface area contributed by atoms with E-state index in [9.17, 15) is 4.79 Å². The molecule has 0 spiro atoms. The quantitative estimate of drug-likeness (QED) is 0.831. The number of rotatable bonds is 5. The fourth-order valence-electron chi connectivity index (χ4n) is 4.78. The van der Waals surface area contributed by atoms with E-state index in [0.717, 1.165) is 0 Å². The number of hydrogen-bond donors (Lipinski definition) is 1. The van der Waals surface area contributed by atoms with Gasteiger partial charge in [0.1, 0.15) is 0 Å². The van der Waals surface area contributed by atoms with Crippen LogP contribution in [0.1, 0.15) is 71.1 Å². The predicted octanol–water partition coefficient (Wildman–Crippen LogP) is 3.88. The molecule has 0 aromatic heterocycles. The maximum atomic E-state index is 11.3. The molecule has 108 valence electrons. The molecular weight excluding hydrogens is 254 g/mol. The minimum absolute atomic E-state index is 0.0922. The van der Waals surface area contributed by atoms with Crippen molar-refractivity contribution < 1.29 is 4.79 Å². The Morgan fingerprint density at radius 3 is 2.32 bits per heavy atom. The summed E-state index contributed by atoms with van der Waals surface area (Å²) in [5.41, 5.74) is 6.32. The van der Waals surface area contributed by atoms with E-state index in [1.54, 1.807) is 0 Å². The standard InChI is InChI=1S/C16H27NOS/c1-14(4-2-3-5-14)12-19-16-8-6-15(11-16,7-9-16)10-13(17)18/h2-12H2,1H3,(H2,17,18). The fourth-order valence-corrected chi connectivity index (χ4v) is 6.62. The molecule has 0 unspecified atom stereocenters. The van der Waals surface area contributed by atoms with Crippen LogP contribution < -0.4 is 5.73 Å². The number of nitrogens with two attached hydrogens (primary N) is 1. The minimum atomic E-state index is -0.0922. The SMILES string of the molecule is CC1(CSC23CCC(CC(N)=O)(CC2)C3)CCCC1. The Bertz CT molecular complexity index is 365. The van der Waals surface area contributed by atoms with E-state index in [1.165, 1.54) is 63.5 Å². The highest BCUT2D eigenvalue weighted by Gasteiger charge is 2.55. The molecule has 0 atom stereocenters. The third kappa shape index (κ3) is 2.68. The molecule has 19 heavy (non-hydrogen) atoms. The highest BCUT2D eigenvalue weighted by Crippen LogP contribution is 2.64. The summed E-state index contributed by atoms with van der Waals surface area (Å²) in [4.78, 5) is 11.3. The molecule has 3 aliphatic rings. The second-order valence-corrected chi connectivity index (χ2v) is 9.25. The van der Waals surface area contributed by atoms with E-state index >= 15 is 0 Å². The van der Waals surface area contributed by atoms with Gasteiger partial charge in [-0.25, -0.2) is 0 Å². The van der Waals surface area contributed by atoms with E-state index in [0.29, 0.717) is 16.6 Å². The van der Waals surface area contributed by atoms with Crippen molar-refractivity contribution in [2.24, 2.45) is 16.6 Å². The van der Waals surface area contributed by atoms with Gasteiger partial charge < -0.3 is 5.73 Å². The molecule has 0 aliphatic heterocycles. The van der Waals surface area contributed by atoms with Crippen molar-refractivity contribution in [1.29, 1.82) is 0 Å². The normalized spacial score (nSPS) is 39.8. The summed E-state index contributed by atoms with van der Waals surface area (Å²) in [7, 11) is 0. The van der Waals surface area contributed by atoms with Crippen LogP contribution in [0.3, 0.4) is 0 Å². The second kappa shape index (κ2) is 4.68. The van der Waals surface area contributed by atoms with Crippen LogP contribution in [0, 0.1) is 10.8 Å². The number of thioether (sulfide) groups is 1. The maximum absolute atomic E-state index is 11.3. The van der Waals surface area contributed by atoms with Crippen LogP contribution in [0.2, 0.25) is 0 Å². The summed E-state index contributed by atoms with van der Waals surface area (Å²) in [6.07, 6.45) is 12.7. The lowest BCUT2D eigenvalue weighted by molar-refractivity contribution is -0.120. The average molecular weight is 281 g/mol. The smallest absolute Gasteiger partial charge is 0.217 e. The van der Waals surface area contributed by atoms with Gasteiger partial charge >= 0.3 is 0 Å². The van der Waals surface area contributed by atoms with Crippen molar-refractivity contribution in [2.45, 2.75) is 75.9 Å². The molecule has 2 N–H and O–H groups in total. The predicted molar refractivity (Wildman–Crippen MR) is 81.1 cm³/mol. The Balaban J connectivity index is 1.59. The Morgan fingerprint density at radius 1 is 1.11 bits per heavy atom. The van der Waals surface area contributed by atoms with Crippen molar-refractivity contribution in [3.63, 3.8) is 0 Å². The molecule has 1 amide bonds. The topological polar surface area (TPSA) is 43.1 Å². The van der Waals surface area contributed by atoms with E-state index in [2.05, 4.69) is 18.7 Å². The summed E-state index contributed by atoms with van der Waals surface area (Å²) in [6.45, 7) is 2.48. The van der Waals surface area contributed by atoms with Gasteiger partial charge in [0.15, 0.2) is 0 Å². The van der Waals surface area contributed by atoms with Crippen LogP contribution >= 0.6 is 11.8 Å². The fraction of sp³-hybridized carbons (Fsp3) is 0.938. The number of carbonyl (C=O) groups is 1. The first kappa shape index (κ1) is 13.8. The van der Waals surface area contributed by atoms with Crippen molar-refractivity contribution in [3.05, 3.63) is 0 Å². The monoisotopic (exact) mass is 281 g/mol. The van der Waals surface area contributed by atoms with Gasteiger partial charge in [-0.05, 0) is 61.5 Å².